The maximum atomic E-state index is 3.40. The Labute approximate surface area is 163 Å². The third-order valence-corrected chi connectivity index (χ3v) is 6.97. The number of benzene rings is 3. The van der Waals surface area contributed by atoms with Gasteiger partial charge in [-0.2, -0.15) is 0 Å². The normalized spacial score (nSPS) is 15.7. The Bertz CT molecular complexity index is 815. The van der Waals surface area contributed by atoms with Crippen LogP contribution in [0.1, 0.15) is 5.56 Å². The first-order valence-electron chi connectivity index (χ1n) is 8.18. The first-order valence-corrected chi connectivity index (χ1v) is 9.59. The number of hydrogen-bond acceptors (Lipinski definition) is 0. The predicted molar refractivity (Wildman–Crippen MR) is 105 cm³/mol. The standard InChI is InChI=1S/C23H18P.Li/c1-4-11-19(12-5-1)22-17-10-18-23(22)24(20-13-6-2-7-14-20)21-15-8-3-9-16-21;/h1-11,13-18,23H;/q-1;+1. The maximum absolute atomic E-state index is 3.40. The van der Waals surface area contributed by atoms with E-state index in [9.17, 15) is 0 Å². The van der Waals surface area contributed by atoms with Crippen LogP contribution in [0.2, 0.25) is 0 Å². The van der Waals surface area contributed by atoms with Crippen molar-refractivity contribution < 1.29 is 18.9 Å². The van der Waals surface area contributed by atoms with Gasteiger partial charge in [0.15, 0.2) is 0 Å². The van der Waals surface area contributed by atoms with Crippen molar-refractivity contribution in [1.82, 2.24) is 0 Å². The average molecular weight is 332 g/mol. The monoisotopic (exact) mass is 332 g/mol. The Morgan fingerprint density at radius 2 is 1.32 bits per heavy atom. The van der Waals surface area contributed by atoms with Gasteiger partial charge in [0.25, 0.3) is 0 Å². The molecule has 0 saturated carbocycles. The molecule has 0 N–H and O–H groups in total. The molecule has 0 saturated heterocycles. The molecule has 3 aromatic rings. The molecule has 0 nitrogen and oxygen atoms in total. The molecule has 0 aromatic heterocycles. The van der Waals surface area contributed by atoms with Crippen molar-refractivity contribution in [2.75, 3.05) is 0 Å². The molecule has 25 heavy (non-hydrogen) atoms. The van der Waals surface area contributed by atoms with Crippen molar-refractivity contribution in [2.24, 2.45) is 0 Å². The molecule has 1 aliphatic carbocycles. The second-order valence-electron chi connectivity index (χ2n) is 5.77. The van der Waals surface area contributed by atoms with Crippen molar-refractivity contribution in [3.63, 3.8) is 0 Å². The van der Waals surface area contributed by atoms with Crippen LogP contribution in [0.4, 0.5) is 0 Å². The third-order valence-electron chi connectivity index (χ3n) is 4.25. The van der Waals surface area contributed by atoms with E-state index in [0.717, 1.165) is 0 Å². The van der Waals surface area contributed by atoms with Gasteiger partial charge in [-0.05, 0) is 24.2 Å². The van der Waals surface area contributed by atoms with Gasteiger partial charge in [0.2, 0.25) is 0 Å². The minimum absolute atomic E-state index is 0. The van der Waals surface area contributed by atoms with Crippen LogP contribution in [-0.2, 0) is 0 Å². The number of allylic oxidation sites excluding steroid dienone is 4. The van der Waals surface area contributed by atoms with Crippen LogP contribution in [0.5, 0.6) is 0 Å². The van der Waals surface area contributed by atoms with Crippen LogP contribution in [0, 0.1) is 6.07 Å². The fraction of sp³-hybridized carbons (Fsp3) is 0.0435. The molecule has 0 amide bonds. The second-order valence-corrected chi connectivity index (χ2v) is 8.10. The van der Waals surface area contributed by atoms with Crippen molar-refractivity contribution >= 4 is 24.1 Å². The molecule has 3 aromatic carbocycles. The molecule has 0 heterocycles. The quantitative estimate of drug-likeness (QED) is 0.389. The van der Waals surface area contributed by atoms with Gasteiger partial charge in [0.05, 0.1) is 0 Å². The van der Waals surface area contributed by atoms with Gasteiger partial charge in [-0.3, -0.25) is 0 Å². The molecule has 0 spiro atoms. The Hall–Kier alpha value is -1.83. The molecular weight excluding hydrogens is 314 g/mol. The first-order chi connectivity index (χ1) is 11.9. The van der Waals surface area contributed by atoms with Crippen LogP contribution in [-0.4, -0.2) is 5.66 Å². The zero-order valence-electron chi connectivity index (χ0n) is 14.3. The van der Waals surface area contributed by atoms with E-state index >= 15 is 0 Å². The molecule has 0 bridgehead atoms. The zero-order valence-corrected chi connectivity index (χ0v) is 15.2. The number of rotatable bonds is 4. The summed E-state index contributed by atoms with van der Waals surface area (Å²) in [5.41, 5.74) is 2.96. The fourth-order valence-corrected chi connectivity index (χ4v) is 5.86. The smallest absolute Gasteiger partial charge is 0.147 e. The van der Waals surface area contributed by atoms with Gasteiger partial charge in [-0.15, -0.1) is 41.5 Å². The predicted octanol–water partition coefficient (Wildman–Crippen LogP) is 1.95. The topological polar surface area (TPSA) is 0 Å². The fourth-order valence-electron chi connectivity index (χ4n) is 3.16. The maximum Gasteiger partial charge on any atom is 1.00 e. The zero-order chi connectivity index (χ0) is 16.2. The van der Waals surface area contributed by atoms with Gasteiger partial charge in [0.1, 0.15) is 0 Å². The second kappa shape index (κ2) is 8.51. The summed E-state index contributed by atoms with van der Waals surface area (Å²) in [6.45, 7) is 0. The van der Waals surface area contributed by atoms with Crippen LogP contribution in [0.15, 0.2) is 103 Å². The Morgan fingerprint density at radius 3 is 1.88 bits per heavy atom. The molecule has 1 unspecified atom stereocenters. The van der Waals surface area contributed by atoms with E-state index in [1.54, 1.807) is 0 Å². The molecule has 0 fully saturated rings. The molecule has 2 heteroatoms. The molecule has 1 aliphatic rings. The summed E-state index contributed by atoms with van der Waals surface area (Å²) in [4.78, 5) is 0. The molecule has 1 atom stereocenters. The van der Waals surface area contributed by atoms with E-state index in [1.807, 2.05) is 12.1 Å². The third kappa shape index (κ3) is 3.89. The van der Waals surface area contributed by atoms with Gasteiger partial charge in [0, 0.05) is 0 Å². The van der Waals surface area contributed by atoms with Crippen molar-refractivity contribution in [1.29, 1.82) is 0 Å². The summed E-state index contributed by atoms with van der Waals surface area (Å²) in [5.74, 6) is 0. The first kappa shape index (κ1) is 18.0. The molecule has 0 aliphatic heterocycles. The van der Waals surface area contributed by atoms with Gasteiger partial charge >= 0.3 is 18.9 Å². The van der Waals surface area contributed by atoms with Crippen LogP contribution >= 0.6 is 7.92 Å². The van der Waals surface area contributed by atoms with E-state index in [0.29, 0.717) is 5.66 Å². The number of hydrogen-bond donors (Lipinski definition) is 0. The summed E-state index contributed by atoms with van der Waals surface area (Å²) >= 11 is 0. The van der Waals surface area contributed by atoms with Crippen molar-refractivity contribution in [3.8, 4) is 0 Å². The van der Waals surface area contributed by atoms with Gasteiger partial charge in [-0.25, -0.2) is 0 Å². The van der Waals surface area contributed by atoms with E-state index in [1.165, 1.54) is 21.7 Å². The summed E-state index contributed by atoms with van der Waals surface area (Å²) in [6.07, 6.45) is 6.79. The van der Waals surface area contributed by atoms with Crippen LogP contribution in [0.25, 0.3) is 5.57 Å². The van der Waals surface area contributed by atoms with E-state index < -0.39 is 7.92 Å². The van der Waals surface area contributed by atoms with Crippen molar-refractivity contribution in [2.45, 2.75) is 5.66 Å². The van der Waals surface area contributed by atoms with E-state index in [-0.39, 0.29) is 18.9 Å². The van der Waals surface area contributed by atoms with E-state index in [2.05, 4.69) is 97.1 Å². The SMILES string of the molecule is [Li+].[c-]1ccccc1C1=CC=CC1P(c1ccccc1)c1ccccc1. The Balaban J connectivity index is 0.00000182. The van der Waals surface area contributed by atoms with Crippen LogP contribution < -0.4 is 29.5 Å². The largest absolute Gasteiger partial charge is 1.00 e. The minimum Gasteiger partial charge on any atom is -0.147 e. The summed E-state index contributed by atoms with van der Waals surface area (Å²) < 4.78 is 0. The van der Waals surface area contributed by atoms with Crippen LogP contribution in [0.3, 0.4) is 0 Å². The summed E-state index contributed by atoms with van der Waals surface area (Å²) in [6, 6.07) is 33.5. The Morgan fingerprint density at radius 1 is 0.720 bits per heavy atom. The minimum atomic E-state index is -0.490. The molecule has 116 valence electrons. The molecule has 4 rings (SSSR count). The van der Waals surface area contributed by atoms with Gasteiger partial charge in [-0.1, -0.05) is 78.9 Å². The molecule has 0 radical (unpaired) electrons. The van der Waals surface area contributed by atoms with Gasteiger partial charge < -0.3 is 0 Å². The summed E-state index contributed by atoms with van der Waals surface area (Å²) in [5, 5.41) is 2.83. The summed E-state index contributed by atoms with van der Waals surface area (Å²) in [7, 11) is -0.490. The van der Waals surface area contributed by atoms with E-state index in [4.69, 9.17) is 0 Å². The Kier molecular flexibility index (Phi) is 6.12. The molecular formula is C23H18LiP. The average Bonchev–Trinajstić information content (AvgIpc) is 3.14. The van der Waals surface area contributed by atoms with Crippen molar-refractivity contribution in [3.05, 3.63) is 115 Å².